The first kappa shape index (κ1) is 17.4. The monoisotopic (exact) mass is 313 g/mol. The van der Waals surface area contributed by atoms with Gasteiger partial charge >= 0.3 is 0 Å². The molecular weight excluding hydrogens is 286 g/mol. The van der Waals surface area contributed by atoms with Gasteiger partial charge in [-0.15, -0.1) is 0 Å². The lowest BCUT2D eigenvalue weighted by molar-refractivity contribution is 0.171. The Labute approximate surface area is 139 Å². The van der Waals surface area contributed by atoms with Crippen LogP contribution in [0.4, 0.5) is 0 Å². The summed E-state index contributed by atoms with van der Waals surface area (Å²) in [6.07, 6.45) is 0.822. The number of nitrogens with zero attached hydrogens (tertiary/aromatic N) is 1. The third kappa shape index (κ3) is 4.26. The van der Waals surface area contributed by atoms with Crippen LogP contribution >= 0.6 is 0 Å². The largest absolute Gasteiger partial charge is 0.508 e. The molecule has 0 aliphatic rings. The van der Waals surface area contributed by atoms with Gasteiger partial charge in [0.25, 0.3) is 0 Å². The zero-order valence-corrected chi connectivity index (χ0v) is 14.5. The SMILES string of the molecule is CN(CCC(c1ccccc1O)c1ccccc1O)C(C)(C)C. The van der Waals surface area contributed by atoms with Crippen LogP contribution in [0.3, 0.4) is 0 Å². The molecule has 2 N–H and O–H groups in total. The third-order valence-corrected chi connectivity index (χ3v) is 4.52. The zero-order valence-electron chi connectivity index (χ0n) is 14.5. The van der Waals surface area contributed by atoms with Gasteiger partial charge in [0.15, 0.2) is 0 Å². The number of rotatable bonds is 5. The van der Waals surface area contributed by atoms with Gasteiger partial charge in [-0.3, -0.25) is 0 Å². The Kier molecular flexibility index (Phi) is 5.32. The van der Waals surface area contributed by atoms with Crippen LogP contribution in [0.15, 0.2) is 48.5 Å². The molecule has 2 aromatic rings. The second-order valence-corrected chi connectivity index (χ2v) is 7.05. The number of phenolic OH excluding ortho intramolecular Hbond substituents is 2. The first-order valence-electron chi connectivity index (χ1n) is 8.07. The van der Waals surface area contributed by atoms with E-state index in [1.54, 1.807) is 12.1 Å². The van der Waals surface area contributed by atoms with Crippen molar-refractivity contribution in [2.75, 3.05) is 13.6 Å². The maximum Gasteiger partial charge on any atom is 0.119 e. The van der Waals surface area contributed by atoms with Gasteiger partial charge in [0.05, 0.1) is 0 Å². The highest BCUT2D eigenvalue weighted by Gasteiger charge is 2.23. The van der Waals surface area contributed by atoms with Gasteiger partial charge in [0.1, 0.15) is 11.5 Å². The van der Waals surface area contributed by atoms with Crippen LogP contribution in [0.1, 0.15) is 44.2 Å². The first-order chi connectivity index (χ1) is 10.8. The van der Waals surface area contributed by atoms with Crippen molar-refractivity contribution in [1.82, 2.24) is 4.90 Å². The molecule has 0 spiro atoms. The second-order valence-electron chi connectivity index (χ2n) is 7.05. The average Bonchev–Trinajstić information content (AvgIpc) is 2.49. The molecule has 2 rings (SSSR count). The van der Waals surface area contributed by atoms with E-state index in [1.165, 1.54) is 0 Å². The molecule has 0 atom stereocenters. The second kappa shape index (κ2) is 7.05. The molecule has 0 fully saturated rings. The highest BCUT2D eigenvalue weighted by Crippen LogP contribution is 2.38. The van der Waals surface area contributed by atoms with Gasteiger partial charge < -0.3 is 15.1 Å². The lowest BCUT2D eigenvalue weighted by Gasteiger charge is -2.33. The molecule has 0 aromatic heterocycles. The van der Waals surface area contributed by atoms with Crippen molar-refractivity contribution in [2.45, 2.75) is 38.6 Å². The molecule has 3 heteroatoms. The molecular formula is C20H27NO2. The van der Waals surface area contributed by atoms with Crippen molar-refractivity contribution in [3.8, 4) is 11.5 Å². The van der Waals surface area contributed by atoms with Crippen LogP contribution < -0.4 is 0 Å². The molecule has 23 heavy (non-hydrogen) atoms. The zero-order chi connectivity index (χ0) is 17.0. The third-order valence-electron chi connectivity index (χ3n) is 4.52. The summed E-state index contributed by atoms with van der Waals surface area (Å²) in [7, 11) is 2.10. The Hall–Kier alpha value is -2.00. The summed E-state index contributed by atoms with van der Waals surface area (Å²) < 4.78 is 0. The minimum atomic E-state index is -0.0396. The fourth-order valence-corrected chi connectivity index (χ4v) is 2.70. The minimum absolute atomic E-state index is 0.0396. The van der Waals surface area contributed by atoms with Crippen LogP contribution in [0, 0.1) is 0 Å². The van der Waals surface area contributed by atoms with E-state index in [4.69, 9.17) is 0 Å². The number of benzene rings is 2. The summed E-state index contributed by atoms with van der Waals surface area (Å²) in [6.45, 7) is 7.42. The number of phenols is 2. The Balaban J connectivity index is 2.34. The maximum absolute atomic E-state index is 10.3. The van der Waals surface area contributed by atoms with E-state index in [-0.39, 0.29) is 23.0 Å². The van der Waals surface area contributed by atoms with E-state index < -0.39 is 0 Å². The van der Waals surface area contributed by atoms with Gasteiger partial charge in [0, 0.05) is 22.6 Å². The number of aromatic hydroxyl groups is 2. The lowest BCUT2D eigenvalue weighted by Crippen LogP contribution is -2.39. The molecule has 0 aliphatic carbocycles. The lowest BCUT2D eigenvalue weighted by atomic mass is 9.87. The quantitative estimate of drug-likeness (QED) is 0.862. The fraction of sp³-hybridized carbons (Fsp3) is 0.400. The van der Waals surface area contributed by atoms with Gasteiger partial charge in [0.2, 0.25) is 0 Å². The first-order valence-corrected chi connectivity index (χ1v) is 8.07. The Morgan fingerprint density at radius 2 is 1.30 bits per heavy atom. The summed E-state index contributed by atoms with van der Waals surface area (Å²) in [5.41, 5.74) is 1.80. The van der Waals surface area contributed by atoms with Crippen molar-refractivity contribution in [1.29, 1.82) is 0 Å². The Bertz CT molecular complexity index is 601. The van der Waals surface area contributed by atoms with E-state index in [1.807, 2.05) is 36.4 Å². The van der Waals surface area contributed by atoms with Crippen LogP contribution in [0.5, 0.6) is 11.5 Å². The van der Waals surface area contributed by atoms with E-state index in [2.05, 4.69) is 32.7 Å². The molecule has 3 nitrogen and oxygen atoms in total. The van der Waals surface area contributed by atoms with Gasteiger partial charge in [-0.05, 0) is 52.9 Å². The smallest absolute Gasteiger partial charge is 0.119 e. The average molecular weight is 313 g/mol. The molecule has 0 radical (unpaired) electrons. The molecule has 0 saturated heterocycles. The van der Waals surface area contributed by atoms with E-state index in [0.717, 1.165) is 24.1 Å². The van der Waals surface area contributed by atoms with Crippen LogP contribution in [0.25, 0.3) is 0 Å². The Morgan fingerprint density at radius 1 is 0.870 bits per heavy atom. The Morgan fingerprint density at radius 3 is 1.70 bits per heavy atom. The number of para-hydroxylation sites is 2. The van der Waals surface area contributed by atoms with Crippen molar-refractivity contribution in [3.63, 3.8) is 0 Å². The fourth-order valence-electron chi connectivity index (χ4n) is 2.70. The summed E-state index contributed by atoms with van der Waals surface area (Å²) in [5, 5.41) is 20.5. The molecule has 0 unspecified atom stereocenters. The predicted molar refractivity (Wildman–Crippen MR) is 95.1 cm³/mol. The van der Waals surface area contributed by atoms with Crippen LogP contribution in [-0.4, -0.2) is 34.2 Å². The van der Waals surface area contributed by atoms with Crippen molar-refractivity contribution in [3.05, 3.63) is 59.7 Å². The number of hydrogen-bond donors (Lipinski definition) is 2. The topological polar surface area (TPSA) is 43.7 Å². The highest BCUT2D eigenvalue weighted by atomic mass is 16.3. The van der Waals surface area contributed by atoms with E-state index in [9.17, 15) is 10.2 Å². The van der Waals surface area contributed by atoms with Gasteiger partial charge in [-0.2, -0.15) is 0 Å². The summed E-state index contributed by atoms with van der Waals surface area (Å²) in [4.78, 5) is 2.29. The van der Waals surface area contributed by atoms with Crippen LogP contribution in [0.2, 0.25) is 0 Å². The summed E-state index contributed by atoms with van der Waals surface area (Å²) in [6, 6.07) is 14.8. The molecule has 0 saturated carbocycles. The van der Waals surface area contributed by atoms with Crippen molar-refractivity contribution in [2.24, 2.45) is 0 Å². The minimum Gasteiger partial charge on any atom is -0.508 e. The summed E-state index contributed by atoms with van der Waals surface area (Å²) >= 11 is 0. The van der Waals surface area contributed by atoms with Gasteiger partial charge in [-0.25, -0.2) is 0 Å². The highest BCUT2D eigenvalue weighted by molar-refractivity contribution is 5.45. The summed E-state index contributed by atoms with van der Waals surface area (Å²) in [5.74, 6) is 0.514. The molecule has 124 valence electrons. The van der Waals surface area contributed by atoms with Crippen molar-refractivity contribution >= 4 is 0 Å². The van der Waals surface area contributed by atoms with E-state index in [0.29, 0.717) is 0 Å². The molecule has 0 heterocycles. The maximum atomic E-state index is 10.3. The van der Waals surface area contributed by atoms with Crippen molar-refractivity contribution < 1.29 is 10.2 Å². The predicted octanol–water partition coefficient (Wildman–Crippen LogP) is 4.35. The standard InChI is InChI=1S/C20H27NO2/c1-20(2,3)21(4)14-13-15(16-9-5-7-11-18(16)22)17-10-6-8-12-19(17)23/h5-12,15,22-23H,13-14H2,1-4H3. The van der Waals surface area contributed by atoms with Gasteiger partial charge in [-0.1, -0.05) is 36.4 Å². The molecule has 0 aliphatic heterocycles. The number of hydrogen-bond acceptors (Lipinski definition) is 3. The van der Waals surface area contributed by atoms with Crippen LogP contribution in [-0.2, 0) is 0 Å². The normalized spacial score (nSPS) is 12.1. The molecule has 0 amide bonds. The molecule has 0 bridgehead atoms. The van der Waals surface area contributed by atoms with E-state index >= 15 is 0 Å². The molecule has 2 aromatic carbocycles.